The number of ether oxygens (including phenoxy) is 1. The monoisotopic (exact) mass is 303 g/mol. The van der Waals surface area contributed by atoms with Crippen LogP contribution in [-0.4, -0.2) is 32.3 Å². The Balaban J connectivity index is 3.02. The molecule has 1 atom stereocenters. The minimum atomic E-state index is -2.31. The molecule has 7 heteroatoms. The van der Waals surface area contributed by atoms with Crippen molar-refractivity contribution in [3.63, 3.8) is 0 Å². The van der Waals surface area contributed by atoms with Gasteiger partial charge in [0.2, 0.25) is 0 Å². The maximum Gasteiger partial charge on any atom is 0.139 e. The highest BCUT2D eigenvalue weighted by atomic mass is 35.5. The molecule has 0 bridgehead atoms. The Morgan fingerprint density at radius 2 is 2.26 bits per heavy atom. The molecule has 0 heterocycles. The zero-order valence-electron chi connectivity index (χ0n) is 11.3. The fourth-order valence-electron chi connectivity index (χ4n) is 1.65. The molecule has 4 N–H and O–H groups in total. The van der Waals surface area contributed by atoms with E-state index in [0.717, 1.165) is 5.31 Å². The minimum Gasteiger partial charge on any atom is -0.499 e. The van der Waals surface area contributed by atoms with E-state index < -0.39 is 7.14 Å². The standard InChI is InChI=1S/C12H19ClN3O2P/c1-18-11-6-8(19(2,3)17)4-5-10(11)16-12(15)9(13)7-14/h4,6-7,10H,5,14H2,1-3H3,(H2,15,16)/b9-7+. The van der Waals surface area contributed by atoms with E-state index in [2.05, 4.69) is 4.99 Å². The first-order chi connectivity index (χ1) is 8.79. The SMILES string of the molecule is COC1=CC(P(C)(C)=O)=CCC1N=C(N)/C(Cl)=C\N. The van der Waals surface area contributed by atoms with Gasteiger partial charge in [0.1, 0.15) is 24.8 Å². The summed E-state index contributed by atoms with van der Waals surface area (Å²) >= 11 is 5.79. The summed E-state index contributed by atoms with van der Waals surface area (Å²) in [6.07, 6.45) is 5.40. The number of aliphatic imine (C=N–C) groups is 1. The van der Waals surface area contributed by atoms with Gasteiger partial charge >= 0.3 is 0 Å². The number of amidine groups is 1. The molecular formula is C12H19ClN3O2P. The topological polar surface area (TPSA) is 90.7 Å². The molecule has 5 nitrogen and oxygen atoms in total. The summed E-state index contributed by atoms with van der Waals surface area (Å²) in [5.41, 5.74) is 11.0. The van der Waals surface area contributed by atoms with Crippen LogP contribution in [0.15, 0.2) is 39.5 Å². The highest BCUT2D eigenvalue weighted by Crippen LogP contribution is 2.49. The van der Waals surface area contributed by atoms with Gasteiger partial charge in [-0.05, 0) is 25.8 Å². The van der Waals surface area contributed by atoms with E-state index >= 15 is 0 Å². The van der Waals surface area contributed by atoms with Gasteiger partial charge in [0.15, 0.2) is 0 Å². The van der Waals surface area contributed by atoms with Gasteiger partial charge in [-0.15, -0.1) is 0 Å². The number of allylic oxidation sites excluding steroid dienone is 2. The average molecular weight is 304 g/mol. The molecule has 0 saturated heterocycles. The highest BCUT2D eigenvalue weighted by molar-refractivity contribution is 7.66. The average Bonchev–Trinajstić information content (AvgIpc) is 2.36. The van der Waals surface area contributed by atoms with Crippen molar-refractivity contribution in [2.45, 2.75) is 12.5 Å². The molecule has 0 aromatic heterocycles. The fraction of sp³-hybridized carbons (Fsp3) is 0.417. The summed E-state index contributed by atoms with van der Waals surface area (Å²) in [6.45, 7) is 3.43. The third-order valence-corrected chi connectivity index (χ3v) is 4.59. The summed E-state index contributed by atoms with van der Waals surface area (Å²) in [6, 6.07) is -0.269. The van der Waals surface area contributed by atoms with Crippen LogP contribution in [-0.2, 0) is 9.30 Å². The maximum absolute atomic E-state index is 12.0. The first kappa shape index (κ1) is 15.9. The van der Waals surface area contributed by atoms with E-state index in [0.29, 0.717) is 12.2 Å². The van der Waals surface area contributed by atoms with Crippen molar-refractivity contribution in [3.05, 3.63) is 34.5 Å². The molecule has 106 valence electrons. The molecule has 0 aromatic carbocycles. The highest BCUT2D eigenvalue weighted by Gasteiger charge is 2.23. The van der Waals surface area contributed by atoms with Crippen LogP contribution in [0.5, 0.6) is 0 Å². The van der Waals surface area contributed by atoms with Crippen LogP contribution in [0.4, 0.5) is 0 Å². The van der Waals surface area contributed by atoms with E-state index in [9.17, 15) is 4.57 Å². The summed E-state index contributed by atoms with van der Waals surface area (Å²) in [7, 11) is -0.764. The van der Waals surface area contributed by atoms with E-state index in [1.54, 1.807) is 26.5 Å². The second-order valence-corrected chi connectivity index (χ2v) is 8.14. The molecule has 0 saturated carbocycles. The van der Waals surface area contributed by atoms with E-state index in [1.807, 2.05) is 6.08 Å². The van der Waals surface area contributed by atoms with Crippen LogP contribution in [0.2, 0.25) is 0 Å². The normalized spacial score (nSPS) is 21.8. The Kier molecular flexibility index (Phi) is 5.27. The van der Waals surface area contributed by atoms with Crippen molar-refractivity contribution in [1.29, 1.82) is 0 Å². The predicted molar refractivity (Wildman–Crippen MR) is 80.8 cm³/mol. The molecule has 0 aliphatic heterocycles. The number of hydrogen-bond donors (Lipinski definition) is 2. The second kappa shape index (κ2) is 6.31. The van der Waals surface area contributed by atoms with Crippen LogP contribution >= 0.6 is 18.7 Å². The molecule has 1 rings (SSSR count). The first-order valence-electron chi connectivity index (χ1n) is 5.72. The van der Waals surface area contributed by atoms with E-state index in [1.165, 1.54) is 6.20 Å². The summed E-state index contributed by atoms with van der Waals surface area (Å²) in [4.78, 5) is 4.26. The van der Waals surface area contributed by atoms with Crippen LogP contribution < -0.4 is 11.5 Å². The zero-order chi connectivity index (χ0) is 14.6. The van der Waals surface area contributed by atoms with Gasteiger partial charge in [-0.25, -0.2) is 0 Å². The molecule has 0 fully saturated rings. The summed E-state index contributed by atoms with van der Waals surface area (Å²) < 4.78 is 17.3. The van der Waals surface area contributed by atoms with Gasteiger partial charge in [-0.2, -0.15) is 0 Å². The van der Waals surface area contributed by atoms with Crippen LogP contribution in [0.25, 0.3) is 0 Å². The Bertz CT molecular complexity index is 517. The molecule has 1 aliphatic carbocycles. The summed E-state index contributed by atoms with van der Waals surface area (Å²) in [5, 5.41) is 0.983. The van der Waals surface area contributed by atoms with Crippen LogP contribution in [0.1, 0.15) is 6.42 Å². The zero-order valence-corrected chi connectivity index (χ0v) is 12.9. The van der Waals surface area contributed by atoms with Crippen molar-refractivity contribution in [2.75, 3.05) is 20.4 Å². The van der Waals surface area contributed by atoms with E-state index in [-0.39, 0.29) is 16.9 Å². The maximum atomic E-state index is 12.0. The predicted octanol–water partition coefficient (Wildman–Crippen LogP) is 2.19. The van der Waals surface area contributed by atoms with Gasteiger partial charge < -0.3 is 20.8 Å². The Morgan fingerprint density at radius 3 is 2.74 bits per heavy atom. The third-order valence-electron chi connectivity index (χ3n) is 2.71. The molecule has 0 spiro atoms. The van der Waals surface area contributed by atoms with Crippen LogP contribution in [0.3, 0.4) is 0 Å². The fourth-order valence-corrected chi connectivity index (χ4v) is 2.68. The molecule has 0 radical (unpaired) electrons. The number of halogens is 1. The Labute approximate surface area is 118 Å². The number of hydrogen-bond acceptors (Lipinski definition) is 4. The molecule has 1 aliphatic rings. The van der Waals surface area contributed by atoms with Crippen molar-refractivity contribution >= 4 is 24.6 Å². The van der Waals surface area contributed by atoms with Gasteiger partial charge in [0.05, 0.1) is 12.1 Å². The second-order valence-electron chi connectivity index (χ2n) is 4.51. The lowest BCUT2D eigenvalue weighted by Gasteiger charge is -2.21. The quantitative estimate of drug-likeness (QED) is 0.473. The summed E-state index contributed by atoms with van der Waals surface area (Å²) in [5.74, 6) is 0.774. The number of rotatable bonds is 4. The van der Waals surface area contributed by atoms with Crippen molar-refractivity contribution in [1.82, 2.24) is 0 Å². The molecule has 0 aromatic rings. The minimum absolute atomic E-state index is 0.158. The lowest BCUT2D eigenvalue weighted by Crippen LogP contribution is -2.21. The third kappa shape index (κ3) is 4.15. The first-order valence-corrected chi connectivity index (χ1v) is 8.69. The molecule has 1 unspecified atom stereocenters. The van der Waals surface area contributed by atoms with E-state index in [4.69, 9.17) is 27.8 Å². The lowest BCUT2D eigenvalue weighted by atomic mass is 10.1. The number of nitrogens with two attached hydrogens (primary N) is 2. The Hall–Kier alpha value is -1.19. The Morgan fingerprint density at radius 1 is 1.63 bits per heavy atom. The van der Waals surface area contributed by atoms with Gasteiger partial charge in [-0.1, -0.05) is 17.7 Å². The molecular weight excluding hydrogens is 285 g/mol. The van der Waals surface area contributed by atoms with Gasteiger partial charge in [0, 0.05) is 11.5 Å². The largest absolute Gasteiger partial charge is 0.499 e. The lowest BCUT2D eigenvalue weighted by molar-refractivity contribution is 0.263. The smallest absolute Gasteiger partial charge is 0.139 e. The van der Waals surface area contributed by atoms with Crippen molar-refractivity contribution < 1.29 is 9.30 Å². The molecule has 19 heavy (non-hydrogen) atoms. The number of nitrogens with zero attached hydrogens (tertiary/aromatic N) is 1. The van der Waals surface area contributed by atoms with Crippen LogP contribution in [0, 0.1) is 0 Å². The van der Waals surface area contributed by atoms with Crippen molar-refractivity contribution in [3.8, 4) is 0 Å². The van der Waals surface area contributed by atoms with Gasteiger partial charge in [-0.3, -0.25) is 4.99 Å². The van der Waals surface area contributed by atoms with Crippen molar-refractivity contribution in [2.24, 2.45) is 16.5 Å². The molecule has 0 amide bonds. The van der Waals surface area contributed by atoms with Gasteiger partial charge in [0.25, 0.3) is 0 Å². The number of methoxy groups -OCH3 is 1.